The van der Waals surface area contributed by atoms with Crippen LogP contribution < -0.4 is 0 Å². The molecule has 2 unspecified atom stereocenters. The third-order valence-corrected chi connectivity index (χ3v) is 6.19. The molecule has 1 aliphatic rings. The zero-order chi connectivity index (χ0) is 22.8. The van der Waals surface area contributed by atoms with Gasteiger partial charge in [0, 0.05) is 23.0 Å². The number of ether oxygens (including phenoxy) is 1. The van der Waals surface area contributed by atoms with Crippen LogP contribution in [-0.4, -0.2) is 15.6 Å². The van der Waals surface area contributed by atoms with E-state index >= 15 is 0 Å². The summed E-state index contributed by atoms with van der Waals surface area (Å²) >= 11 is 6.20. The Morgan fingerprint density at radius 2 is 1.73 bits per heavy atom. The van der Waals surface area contributed by atoms with Crippen molar-refractivity contribution < 1.29 is 14.6 Å². The monoisotopic (exact) mass is 455 g/mol. The summed E-state index contributed by atoms with van der Waals surface area (Å²) in [4.78, 5) is 12.3. The minimum atomic E-state index is -1.13. The molecule has 164 valence electrons. The van der Waals surface area contributed by atoms with Crippen LogP contribution in [0.4, 0.5) is 0 Å². The molecule has 33 heavy (non-hydrogen) atoms. The fourth-order valence-corrected chi connectivity index (χ4v) is 4.50. The number of hydrogen-bond acceptors (Lipinski definition) is 2. The second kappa shape index (κ2) is 8.74. The van der Waals surface area contributed by atoms with Gasteiger partial charge in [-0.1, -0.05) is 84.4 Å². The van der Waals surface area contributed by atoms with Gasteiger partial charge in [-0.2, -0.15) is 0 Å². The predicted molar refractivity (Wildman–Crippen MR) is 131 cm³/mol. The van der Waals surface area contributed by atoms with Crippen molar-refractivity contribution in [3.05, 3.63) is 126 Å². The van der Waals surface area contributed by atoms with Gasteiger partial charge in [0.1, 0.15) is 0 Å². The molecular formula is C28H22ClNO3. The van der Waals surface area contributed by atoms with Gasteiger partial charge in [0.2, 0.25) is 0 Å². The number of carboxylic acid groups (broad SMARTS) is 1. The standard InChI is InChI=1S/C28H22ClNO3/c29-24-11-12-25-23(19-24)15-18-30(25)28(33-26(27(31)32)22-9-5-2-6-10-22)16-13-21(14-17-28)20-7-3-1-4-8-20/h1-16,18-19,26H,17H2,(H,31,32). The van der Waals surface area contributed by atoms with Crippen molar-refractivity contribution in [2.75, 3.05) is 0 Å². The van der Waals surface area contributed by atoms with Crippen molar-refractivity contribution in [3.63, 3.8) is 0 Å². The van der Waals surface area contributed by atoms with Crippen LogP contribution >= 0.6 is 11.6 Å². The number of carbonyl (C=O) groups is 1. The highest BCUT2D eigenvalue weighted by atomic mass is 35.5. The molecule has 4 nitrogen and oxygen atoms in total. The van der Waals surface area contributed by atoms with Crippen LogP contribution in [-0.2, 0) is 15.3 Å². The summed E-state index contributed by atoms with van der Waals surface area (Å²) in [5.74, 6) is -1.04. The van der Waals surface area contributed by atoms with Crippen molar-refractivity contribution >= 4 is 34.0 Å². The molecule has 5 heteroatoms. The molecule has 4 aromatic rings. The molecule has 1 aliphatic carbocycles. The van der Waals surface area contributed by atoms with E-state index in [2.05, 4.69) is 18.2 Å². The molecule has 2 atom stereocenters. The molecule has 0 radical (unpaired) electrons. The van der Waals surface area contributed by atoms with E-state index in [4.69, 9.17) is 16.3 Å². The van der Waals surface area contributed by atoms with Crippen LogP contribution in [0.1, 0.15) is 23.7 Å². The second-order valence-electron chi connectivity index (χ2n) is 8.04. The Kier molecular flexibility index (Phi) is 5.63. The lowest BCUT2D eigenvalue weighted by molar-refractivity contribution is -0.170. The number of benzene rings is 3. The summed E-state index contributed by atoms with van der Waals surface area (Å²) in [6.07, 6.45) is 7.33. The fraction of sp³-hybridized carbons (Fsp3) is 0.107. The Balaban J connectivity index is 1.61. The van der Waals surface area contributed by atoms with Gasteiger partial charge in [-0.25, -0.2) is 4.79 Å². The van der Waals surface area contributed by atoms with Crippen molar-refractivity contribution in [1.29, 1.82) is 0 Å². The van der Waals surface area contributed by atoms with Gasteiger partial charge >= 0.3 is 5.97 Å². The topological polar surface area (TPSA) is 51.5 Å². The Bertz CT molecular complexity index is 1360. The van der Waals surface area contributed by atoms with Crippen LogP contribution in [0.25, 0.3) is 16.5 Å². The molecule has 0 aliphatic heterocycles. The number of fused-ring (bicyclic) bond motifs is 1. The molecule has 1 aromatic heterocycles. The summed E-state index contributed by atoms with van der Waals surface area (Å²) in [5.41, 5.74) is 2.66. The van der Waals surface area contributed by atoms with Crippen LogP contribution in [0, 0.1) is 0 Å². The van der Waals surface area contributed by atoms with E-state index in [1.165, 1.54) is 0 Å². The normalized spacial score (nSPS) is 18.8. The molecule has 0 bridgehead atoms. The number of nitrogens with zero attached hydrogens (tertiary/aromatic N) is 1. The van der Waals surface area contributed by atoms with E-state index in [1.807, 2.05) is 83.6 Å². The number of allylic oxidation sites excluding steroid dienone is 2. The number of hydrogen-bond donors (Lipinski definition) is 1. The van der Waals surface area contributed by atoms with Gasteiger partial charge in [0.05, 0.1) is 5.52 Å². The van der Waals surface area contributed by atoms with Crippen LogP contribution in [0.2, 0.25) is 5.02 Å². The first-order chi connectivity index (χ1) is 16.1. The lowest BCUT2D eigenvalue weighted by atomic mass is 9.94. The molecular weight excluding hydrogens is 434 g/mol. The number of halogens is 1. The minimum absolute atomic E-state index is 0.469. The Morgan fingerprint density at radius 3 is 2.39 bits per heavy atom. The van der Waals surface area contributed by atoms with Crippen molar-refractivity contribution in [3.8, 4) is 0 Å². The van der Waals surface area contributed by atoms with E-state index < -0.39 is 17.8 Å². The summed E-state index contributed by atoms with van der Waals surface area (Å²) < 4.78 is 8.48. The van der Waals surface area contributed by atoms with Gasteiger partial charge in [0.25, 0.3) is 0 Å². The number of rotatable bonds is 6. The SMILES string of the molecule is O=C(O)C(OC1(n2ccc3cc(Cl)ccc32)C=CC(c2ccccc2)=CC1)c1ccccc1. The first-order valence-corrected chi connectivity index (χ1v) is 11.1. The third kappa shape index (κ3) is 4.11. The van der Waals surface area contributed by atoms with Crippen LogP contribution in [0.3, 0.4) is 0 Å². The van der Waals surface area contributed by atoms with E-state index in [1.54, 1.807) is 12.1 Å². The van der Waals surface area contributed by atoms with Gasteiger partial charge in [-0.3, -0.25) is 0 Å². The zero-order valence-corrected chi connectivity index (χ0v) is 18.5. The van der Waals surface area contributed by atoms with Crippen LogP contribution in [0.15, 0.2) is 109 Å². The minimum Gasteiger partial charge on any atom is -0.479 e. The van der Waals surface area contributed by atoms with Crippen molar-refractivity contribution in [2.24, 2.45) is 0 Å². The molecule has 0 saturated carbocycles. The smallest absolute Gasteiger partial charge is 0.337 e. The number of carboxylic acids is 1. The average molecular weight is 456 g/mol. The highest BCUT2D eigenvalue weighted by Gasteiger charge is 2.38. The Hall–Kier alpha value is -3.60. The Morgan fingerprint density at radius 1 is 1.00 bits per heavy atom. The first kappa shape index (κ1) is 21.3. The Labute approximate surface area is 197 Å². The van der Waals surface area contributed by atoms with E-state index in [0.717, 1.165) is 22.0 Å². The molecule has 0 saturated heterocycles. The van der Waals surface area contributed by atoms with E-state index in [9.17, 15) is 9.90 Å². The van der Waals surface area contributed by atoms with Crippen molar-refractivity contribution in [1.82, 2.24) is 4.57 Å². The van der Waals surface area contributed by atoms with Gasteiger partial charge in [0.15, 0.2) is 11.8 Å². The maximum Gasteiger partial charge on any atom is 0.337 e. The highest BCUT2D eigenvalue weighted by Crippen LogP contribution is 2.40. The molecule has 0 amide bonds. The largest absolute Gasteiger partial charge is 0.479 e. The molecule has 3 aromatic carbocycles. The predicted octanol–water partition coefficient (Wildman–Crippen LogP) is 6.83. The van der Waals surface area contributed by atoms with E-state index in [0.29, 0.717) is 17.0 Å². The lowest BCUT2D eigenvalue weighted by Crippen LogP contribution is -2.38. The average Bonchev–Trinajstić information content (AvgIpc) is 3.27. The number of aliphatic carboxylic acids is 1. The van der Waals surface area contributed by atoms with Crippen molar-refractivity contribution in [2.45, 2.75) is 18.2 Å². The third-order valence-electron chi connectivity index (χ3n) is 5.95. The molecule has 0 spiro atoms. The quantitative estimate of drug-likeness (QED) is 0.346. The molecule has 5 rings (SSSR count). The maximum atomic E-state index is 12.3. The summed E-state index contributed by atoms with van der Waals surface area (Å²) in [6.45, 7) is 0. The molecule has 0 fully saturated rings. The number of aromatic nitrogens is 1. The summed E-state index contributed by atoms with van der Waals surface area (Å²) in [5, 5.41) is 11.7. The van der Waals surface area contributed by atoms with Gasteiger partial charge in [-0.15, -0.1) is 0 Å². The highest BCUT2D eigenvalue weighted by molar-refractivity contribution is 6.31. The fourth-order valence-electron chi connectivity index (χ4n) is 4.32. The van der Waals surface area contributed by atoms with Crippen LogP contribution in [0.5, 0.6) is 0 Å². The first-order valence-electron chi connectivity index (χ1n) is 10.7. The second-order valence-corrected chi connectivity index (χ2v) is 8.48. The zero-order valence-electron chi connectivity index (χ0n) is 17.8. The lowest BCUT2D eigenvalue weighted by Gasteiger charge is -2.37. The van der Waals surface area contributed by atoms with Gasteiger partial charge in [-0.05, 0) is 47.0 Å². The molecule has 1 heterocycles. The van der Waals surface area contributed by atoms with Gasteiger partial charge < -0.3 is 14.4 Å². The maximum absolute atomic E-state index is 12.3. The summed E-state index contributed by atoms with van der Waals surface area (Å²) in [6, 6.07) is 26.8. The molecule has 1 N–H and O–H groups in total. The summed E-state index contributed by atoms with van der Waals surface area (Å²) in [7, 11) is 0. The van der Waals surface area contributed by atoms with E-state index in [-0.39, 0.29) is 0 Å².